The molecule has 1 N–H and O–H groups in total. The topological polar surface area (TPSA) is 46.5 Å². The van der Waals surface area contributed by atoms with Crippen LogP contribution in [-0.4, -0.2) is 11.2 Å². The van der Waals surface area contributed by atoms with Crippen LogP contribution in [0.3, 0.4) is 0 Å². The van der Waals surface area contributed by atoms with Gasteiger partial charge in [0.2, 0.25) is 0 Å². The molecule has 0 fully saturated rings. The summed E-state index contributed by atoms with van der Waals surface area (Å²) in [6.45, 7) is 0. The van der Waals surface area contributed by atoms with Crippen molar-refractivity contribution in [3.63, 3.8) is 0 Å². The standard InChI is InChI=1S/C13H10O3/c14-13(16-15)12-8-6-11(7-9-12)10-4-2-1-3-5-10/h1-9,15H. The molecule has 0 saturated carbocycles. The molecule has 0 saturated heterocycles. The lowest BCUT2D eigenvalue weighted by atomic mass is 10.0. The minimum Gasteiger partial charge on any atom is -0.296 e. The molecule has 0 aliphatic rings. The molecule has 16 heavy (non-hydrogen) atoms. The van der Waals surface area contributed by atoms with Crippen LogP contribution in [0.25, 0.3) is 11.1 Å². The van der Waals surface area contributed by atoms with E-state index in [1.54, 1.807) is 12.1 Å². The summed E-state index contributed by atoms with van der Waals surface area (Å²) < 4.78 is 0. The molecule has 0 bridgehead atoms. The van der Waals surface area contributed by atoms with Crippen molar-refractivity contribution in [2.75, 3.05) is 0 Å². The Balaban J connectivity index is 2.30. The van der Waals surface area contributed by atoms with Crippen LogP contribution in [0.4, 0.5) is 0 Å². The highest BCUT2D eigenvalue weighted by molar-refractivity contribution is 5.89. The second-order valence-corrected chi connectivity index (χ2v) is 3.32. The highest BCUT2D eigenvalue weighted by Gasteiger charge is 2.06. The van der Waals surface area contributed by atoms with E-state index in [0.29, 0.717) is 5.56 Å². The van der Waals surface area contributed by atoms with E-state index < -0.39 is 5.97 Å². The first-order chi connectivity index (χ1) is 7.81. The average molecular weight is 214 g/mol. The fourth-order valence-corrected chi connectivity index (χ4v) is 1.48. The SMILES string of the molecule is O=C(OO)c1ccc(-c2ccccc2)cc1. The predicted octanol–water partition coefficient (Wildman–Crippen LogP) is 2.98. The van der Waals surface area contributed by atoms with Gasteiger partial charge in [-0.1, -0.05) is 42.5 Å². The lowest BCUT2D eigenvalue weighted by Crippen LogP contribution is -2.00. The quantitative estimate of drug-likeness (QED) is 0.617. The highest BCUT2D eigenvalue weighted by Crippen LogP contribution is 2.19. The second kappa shape index (κ2) is 4.59. The van der Waals surface area contributed by atoms with Gasteiger partial charge < -0.3 is 0 Å². The second-order valence-electron chi connectivity index (χ2n) is 3.32. The predicted molar refractivity (Wildman–Crippen MR) is 59.9 cm³/mol. The summed E-state index contributed by atoms with van der Waals surface area (Å²) in [7, 11) is 0. The Morgan fingerprint density at radius 2 is 1.44 bits per heavy atom. The Kier molecular flexibility index (Phi) is 2.98. The molecule has 2 aromatic rings. The smallest absolute Gasteiger partial charge is 0.296 e. The summed E-state index contributed by atoms with van der Waals surface area (Å²) in [5.41, 5.74) is 2.41. The number of hydrogen-bond donors (Lipinski definition) is 1. The normalized spacial score (nSPS) is 9.81. The van der Waals surface area contributed by atoms with Gasteiger partial charge in [-0.3, -0.25) is 4.89 Å². The van der Waals surface area contributed by atoms with Gasteiger partial charge in [-0.15, -0.1) is 0 Å². The summed E-state index contributed by atoms with van der Waals surface area (Å²) >= 11 is 0. The number of carbonyl (C=O) groups is 1. The van der Waals surface area contributed by atoms with E-state index in [9.17, 15) is 4.79 Å². The molecule has 0 heterocycles. The van der Waals surface area contributed by atoms with Crippen LogP contribution >= 0.6 is 0 Å². The van der Waals surface area contributed by atoms with Crippen molar-refractivity contribution >= 4 is 5.97 Å². The molecule has 0 unspecified atom stereocenters. The van der Waals surface area contributed by atoms with Crippen LogP contribution in [0.1, 0.15) is 10.4 Å². The Hall–Kier alpha value is -2.13. The zero-order valence-electron chi connectivity index (χ0n) is 8.46. The van der Waals surface area contributed by atoms with Crippen LogP contribution < -0.4 is 0 Å². The molecule has 0 radical (unpaired) electrons. The van der Waals surface area contributed by atoms with Gasteiger partial charge >= 0.3 is 5.97 Å². The Morgan fingerprint density at radius 1 is 0.875 bits per heavy atom. The lowest BCUT2D eigenvalue weighted by molar-refractivity contribution is -0.182. The number of rotatable bonds is 2. The molecule has 0 aromatic heterocycles. The van der Waals surface area contributed by atoms with Gasteiger partial charge in [0, 0.05) is 0 Å². The van der Waals surface area contributed by atoms with Gasteiger partial charge in [0.05, 0.1) is 5.56 Å². The highest BCUT2D eigenvalue weighted by atomic mass is 17.1. The molecule has 2 aromatic carbocycles. The van der Waals surface area contributed by atoms with E-state index in [1.807, 2.05) is 42.5 Å². The third-order valence-corrected chi connectivity index (χ3v) is 2.31. The molecule has 0 amide bonds. The van der Waals surface area contributed by atoms with Gasteiger partial charge in [0.1, 0.15) is 0 Å². The van der Waals surface area contributed by atoms with E-state index in [0.717, 1.165) is 11.1 Å². The van der Waals surface area contributed by atoms with Crippen molar-refractivity contribution in [1.29, 1.82) is 0 Å². The zero-order chi connectivity index (χ0) is 11.4. The molecular formula is C13H10O3. The fourth-order valence-electron chi connectivity index (χ4n) is 1.48. The lowest BCUT2D eigenvalue weighted by Gasteiger charge is -2.02. The molecule has 0 aliphatic carbocycles. The monoisotopic (exact) mass is 214 g/mol. The summed E-state index contributed by atoms with van der Waals surface area (Å²) in [6.07, 6.45) is 0. The van der Waals surface area contributed by atoms with Gasteiger partial charge in [-0.2, -0.15) is 5.26 Å². The van der Waals surface area contributed by atoms with Crippen molar-refractivity contribution in [3.05, 3.63) is 60.2 Å². The first-order valence-corrected chi connectivity index (χ1v) is 4.82. The third kappa shape index (κ3) is 2.10. The van der Waals surface area contributed by atoms with E-state index >= 15 is 0 Å². The van der Waals surface area contributed by atoms with Crippen LogP contribution in [0.5, 0.6) is 0 Å². The van der Waals surface area contributed by atoms with Crippen molar-refractivity contribution in [2.45, 2.75) is 0 Å². The zero-order valence-corrected chi connectivity index (χ0v) is 8.46. The maximum Gasteiger partial charge on any atom is 0.372 e. The molecule has 2 rings (SSSR count). The number of hydrogen-bond acceptors (Lipinski definition) is 3. The van der Waals surface area contributed by atoms with E-state index in [2.05, 4.69) is 4.89 Å². The summed E-state index contributed by atoms with van der Waals surface area (Å²) in [4.78, 5) is 14.6. The van der Waals surface area contributed by atoms with E-state index in [-0.39, 0.29) is 0 Å². The third-order valence-electron chi connectivity index (χ3n) is 2.31. The summed E-state index contributed by atoms with van der Waals surface area (Å²) in [5, 5.41) is 8.23. The van der Waals surface area contributed by atoms with Crippen LogP contribution in [0.15, 0.2) is 54.6 Å². The molecule has 0 aliphatic heterocycles. The van der Waals surface area contributed by atoms with Crippen LogP contribution in [0, 0.1) is 0 Å². The van der Waals surface area contributed by atoms with Crippen molar-refractivity contribution in [1.82, 2.24) is 0 Å². The van der Waals surface area contributed by atoms with Crippen LogP contribution in [-0.2, 0) is 4.89 Å². The molecule has 3 heteroatoms. The Morgan fingerprint density at radius 3 is 2.00 bits per heavy atom. The average Bonchev–Trinajstić information content (AvgIpc) is 2.39. The molecule has 80 valence electrons. The minimum absolute atomic E-state index is 0.321. The van der Waals surface area contributed by atoms with E-state index in [1.165, 1.54) is 0 Å². The number of carbonyl (C=O) groups excluding carboxylic acids is 1. The first kappa shape index (κ1) is 10.4. The fraction of sp³-hybridized carbons (Fsp3) is 0. The first-order valence-electron chi connectivity index (χ1n) is 4.82. The molecular weight excluding hydrogens is 204 g/mol. The largest absolute Gasteiger partial charge is 0.372 e. The maximum absolute atomic E-state index is 11.0. The molecule has 0 atom stereocenters. The van der Waals surface area contributed by atoms with Gasteiger partial charge in [-0.05, 0) is 23.3 Å². The number of benzene rings is 2. The Bertz CT molecular complexity index is 474. The minimum atomic E-state index is -0.750. The van der Waals surface area contributed by atoms with Crippen molar-refractivity contribution < 1.29 is 14.9 Å². The van der Waals surface area contributed by atoms with E-state index in [4.69, 9.17) is 5.26 Å². The molecule has 3 nitrogen and oxygen atoms in total. The van der Waals surface area contributed by atoms with Crippen molar-refractivity contribution in [3.8, 4) is 11.1 Å². The maximum atomic E-state index is 11.0. The van der Waals surface area contributed by atoms with Gasteiger partial charge in [0.15, 0.2) is 0 Å². The van der Waals surface area contributed by atoms with Gasteiger partial charge in [-0.25, -0.2) is 4.79 Å². The summed E-state index contributed by atoms with van der Waals surface area (Å²) in [6, 6.07) is 16.7. The molecule has 0 spiro atoms. The Labute approximate surface area is 92.9 Å². The van der Waals surface area contributed by atoms with Gasteiger partial charge in [0.25, 0.3) is 0 Å². The van der Waals surface area contributed by atoms with Crippen molar-refractivity contribution in [2.24, 2.45) is 0 Å². The van der Waals surface area contributed by atoms with Crippen LogP contribution in [0.2, 0.25) is 0 Å². The summed E-state index contributed by atoms with van der Waals surface area (Å²) in [5.74, 6) is -0.750.